The second-order valence-corrected chi connectivity index (χ2v) is 8.28. The van der Waals surface area contributed by atoms with E-state index in [1.54, 1.807) is 20.3 Å². The lowest BCUT2D eigenvalue weighted by atomic mass is 9.69. The van der Waals surface area contributed by atoms with Crippen LogP contribution in [0.5, 0.6) is 11.6 Å². The zero-order valence-corrected chi connectivity index (χ0v) is 17.6. The molecule has 7 heteroatoms. The molecule has 0 saturated heterocycles. The fourth-order valence-corrected chi connectivity index (χ4v) is 3.73. The number of ether oxygens (including phenoxy) is 3. The van der Waals surface area contributed by atoms with Gasteiger partial charge in [-0.1, -0.05) is 20.8 Å². The van der Waals surface area contributed by atoms with Crippen molar-refractivity contribution in [3.8, 4) is 29.1 Å². The van der Waals surface area contributed by atoms with Gasteiger partial charge in [-0.05, 0) is 41.0 Å². The normalized spacial score (nSPS) is 15.2. The molecule has 1 unspecified atom stereocenters. The van der Waals surface area contributed by atoms with Crippen molar-refractivity contribution in [2.24, 2.45) is 5.41 Å². The third-order valence-electron chi connectivity index (χ3n) is 5.25. The van der Waals surface area contributed by atoms with E-state index in [-0.39, 0.29) is 16.9 Å². The number of hydrogen-bond donors (Lipinski definition) is 1. The van der Waals surface area contributed by atoms with Crippen molar-refractivity contribution in [1.29, 1.82) is 5.26 Å². The molecule has 0 radical (unpaired) electrons. The fourth-order valence-electron chi connectivity index (χ4n) is 3.73. The van der Waals surface area contributed by atoms with Gasteiger partial charge in [-0.15, -0.1) is 0 Å². The van der Waals surface area contributed by atoms with Crippen LogP contribution in [-0.2, 0) is 11.2 Å². The zero-order chi connectivity index (χ0) is 21.2. The van der Waals surface area contributed by atoms with Gasteiger partial charge >= 0.3 is 0 Å². The summed E-state index contributed by atoms with van der Waals surface area (Å²) in [5, 5.41) is 9.31. The van der Waals surface area contributed by atoms with Gasteiger partial charge in [-0.2, -0.15) is 5.26 Å². The monoisotopic (exact) mass is 397 g/mol. The van der Waals surface area contributed by atoms with Crippen molar-refractivity contribution in [2.45, 2.75) is 39.5 Å². The van der Waals surface area contributed by atoms with Crippen LogP contribution in [0, 0.1) is 16.7 Å². The highest BCUT2D eigenvalue weighted by atomic mass is 16.5. The average Bonchev–Trinajstić information content (AvgIpc) is 2.68. The Morgan fingerprint density at radius 3 is 2.66 bits per heavy atom. The second-order valence-electron chi connectivity index (χ2n) is 8.28. The maximum Gasteiger partial charge on any atom is 0.266 e. The first-order valence-corrected chi connectivity index (χ1v) is 9.67. The SMILES string of the molecule is COCCCOc1cc2c(nc1OC)-c1[nH]c(=O)c(C#N)cc1C(C(C)(C)C)C2. The molecule has 0 amide bonds. The van der Waals surface area contributed by atoms with E-state index >= 15 is 0 Å². The maximum atomic E-state index is 12.3. The van der Waals surface area contributed by atoms with Gasteiger partial charge in [0.15, 0.2) is 5.75 Å². The number of nitrogens with zero attached hydrogens (tertiary/aromatic N) is 2. The van der Waals surface area contributed by atoms with E-state index < -0.39 is 5.56 Å². The summed E-state index contributed by atoms with van der Waals surface area (Å²) in [7, 11) is 3.20. The lowest BCUT2D eigenvalue weighted by Crippen LogP contribution is -2.28. The highest BCUT2D eigenvalue weighted by Crippen LogP contribution is 2.47. The van der Waals surface area contributed by atoms with E-state index in [1.165, 1.54) is 0 Å². The third-order valence-corrected chi connectivity index (χ3v) is 5.25. The van der Waals surface area contributed by atoms with Gasteiger partial charge in [0.25, 0.3) is 11.4 Å². The molecule has 2 aromatic rings. The van der Waals surface area contributed by atoms with Gasteiger partial charge in [0.05, 0.1) is 25.1 Å². The van der Waals surface area contributed by atoms with Crippen molar-refractivity contribution in [1.82, 2.24) is 9.97 Å². The fraction of sp³-hybridized carbons (Fsp3) is 0.500. The van der Waals surface area contributed by atoms with E-state index in [9.17, 15) is 10.1 Å². The molecule has 1 N–H and O–H groups in total. The van der Waals surface area contributed by atoms with Crippen LogP contribution in [0.4, 0.5) is 0 Å². The Hall–Kier alpha value is -2.85. The summed E-state index contributed by atoms with van der Waals surface area (Å²) in [6.45, 7) is 7.57. The number of rotatable bonds is 6. The number of fused-ring (bicyclic) bond motifs is 3. The largest absolute Gasteiger partial charge is 0.488 e. The van der Waals surface area contributed by atoms with Crippen molar-refractivity contribution in [3.63, 3.8) is 0 Å². The van der Waals surface area contributed by atoms with Crippen LogP contribution in [0.1, 0.15) is 49.8 Å². The van der Waals surface area contributed by atoms with Crippen molar-refractivity contribution < 1.29 is 14.2 Å². The number of pyridine rings is 2. The first-order valence-electron chi connectivity index (χ1n) is 9.67. The molecular formula is C22H27N3O4. The number of H-pyrrole nitrogens is 1. The summed E-state index contributed by atoms with van der Waals surface area (Å²) in [6.07, 6.45) is 1.49. The Kier molecular flexibility index (Phi) is 5.94. The van der Waals surface area contributed by atoms with Crippen LogP contribution in [-0.4, -0.2) is 37.4 Å². The topological polar surface area (TPSA) is 97.2 Å². The summed E-state index contributed by atoms with van der Waals surface area (Å²) in [5.41, 5.74) is 2.88. The molecule has 1 aliphatic carbocycles. The molecule has 0 bridgehead atoms. The zero-order valence-electron chi connectivity index (χ0n) is 17.6. The molecular weight excluding hydrogens is 370 g/mol. The van der Waals surface area contributed by atoms with Crippen LogP contribution < -0.4 is 15.0 Å². The van der Waals surface area contributed by atoms with Gasteiger partial charge in [-0.25, -0.2) is 4.98 Å². The summed E-state index contributed by atoms with van der Waals surface area (Å²) in [6, 6.07) is 5.64. The molecule has 3 rings (SSSR count). The summed E-state index contributed by atoms with van der Waals surface area (Å²) in [5.74, 6) is 1.06. The maximum absolute atomic E-state index is 12.3. The highest BCUT2D eigenvalue weighted by molar-refractivity contribution is 5.70. The predicted octanol–water partition coefficient (Wildman–Crippen LogP) is 3.42. The Morgan fingerprint density at radius 2 is 2.03 bits per heavy atom. The number of nitrogens with one attached hydrogen (secondary N) is 1. The molecule has 1 atom stereocenters. The molecule has 2 heterocycles. The van der Waals surface area contributed by atoms with E-state index in [4.69, 9.17) is 14.2 Å². The van der Waals surface area contributed by atoms with E-state index in [2.05, 4.69) is 30.7 Å². The van der Waals surface area contributed by atoms with Gasteiger partial charge in [-0.3, -0.25) is 4.79 Å². The molecule has 0 saturated carbocycles. The summed E-state index contributed by atoms with van der Waals surface area (Å²) >= 11 is 0. The number of nitriles is 1. The lowest BCUT2D eigenvalue weighted by molar-refractivity contribution is 0.170. The second kappa shape index (κ2) is 8.26. The van der Waals surface area contributed by atoms with Crippen LogP contribution in [0.15, 0.2) is 16.9 Å². The van der Waals surface area contributed by atoms with Crippen LogP contribution in [0.25, 0.3) is 11.4 Å². The van der Waals surface area contributed by atoms with Crippen molar-refractivity contribution in [2.75, 3.05) is 27.4 Å². The number of aromatic nitrogens is 2. The van der Waals surface area contributed by atoms with Crippen LogP contribution in [0.3, 0.4) is 0 Å². The molecule has 1 aliphatic rings. The molecule has 0 aliphatic heterocycles. The Morgan fingerprint density at radius 1 is 1.28 bits per heavy atom. The highest BCUT2D eigenvalue weighted by Gasteiger charge is 2.35. The number of methoxy groups -OCH3 is 2. The van der Waals surface area contributed by atoms with Crippen molar-refractivity contribution in [3.05, 3.63) is 39.2 Å². The van der Waals surface area contributed by atoms with Crippen LogP contribution >= 0.6 is 0 Å². The lowest BCUT2D eigenvalue weighted by Gasteiger charge is -2.36. The van der Waals surface area contributed by atoms with Crippen molar-refractivity contribution >= 4 is 0 Å². The van der Waals surface area contributed by atoms with Gasteiger partial charge in [0.2, 0.25) is 0 Å². The first kappa shape index (κ1) is 20.9. The number of hydrogen-bond acceptors (Lipinski definition) is 6. The van der Waals surface area contributed by atoms with E-state index in [0.717, 1.165) is 24.0 Å². The smallest absolute Gasteiger partial charge is 0.266 e. The van der Waals surface area contributed by atoms with Gasteiger partial charge in [0, 0.05) is 20.1 Å². The Bertz CT molecular complexity index is 999. The molecule has 0 aromatic carbocycles. The predicted molar refractivity (Wildman–Crippen MR) is 109 cm³/mol. The van der Waals surface area contributed by atoms with E-state index in [0.29, 0.717) is 36.2 Å². The summed E-state index contributed by atoms with van der Waals surface area (Å²) in [4.78, 5) is 19.9. The average molecular weight is 397 g/mol. The molecule has 0 spiro atoms. The molecule has 2 aromatic heterocycles. The molecule has 154 valence electrons. The minimum absolute atomic E-state index is 0.0726. The molecule has 29 heavy (non-hydrogen) atoms. The first-order chi connectivity index (χ1) is 13.8. The van der Waals surface area contributed by atoms with Crippen LogP contribution in [0.2, 0.25) is 0 Å². The Labute approximate surface area is 170 Å². The molecule has 0 fully saturated rings. The van der Waals surface area contributed by atoms with Gasteiger partial charge < -0.3 is 19.2 Å². The quantitative estimate of drug-likeness (QED) is 0.750. The standard InChI is InChI=1S/C22H27N3O4/c1-22(2,3)16-10-13-11-17(29-8-6-7-27-4)21(28-5)25-18(13)19-15(16)9-14(12-23)20(26)24-19/h9,11,16H,6-8,10H2,1-5H3,(H,24,26). The molecule has 7 nitrogen and oxygen atoms in total. The minimum Gasteiger partial charge on any atom is -0.488 e. The van der Waals surface area contributed by atoms with Gasteiger partial charge in [0.1, 0.15) is 11.6 Å². The van der Waals surface area contributed by atoms with E-state index in [1.807, 2.05) is 12.1 Å². The summed E-state index contributed by atoms with van der Waals surface area (Å²) < 4.78 is 16.4. The number of aromatic amines is 1. The minimum atomic E-state index is -0.410. The Balaban J connectivity index is 2.13. The third kappa shape index (κ3) is 4.13.